The van der Waals surface area contributed by atoms with E-state index in [-0.39, 0.29) is 5.69 Å². The predicted octanol–water partition coefficient (Wildman–Crippen LogP) is 3.92. The first-order chi connectivity index (χ1) is 9.61. The van der Waals surface area contributed by atoms with Gasteiger partial charge in [-0.2, -0.15) is 5.26 Å². The molecule has 0 aliphatic carbocycles. The molecule has 2 aromatic rings. The summed E-state index contributed by atoms with van der Waals surface area (Å²) >= 11 is 6.02. The minimum atomic E-state index is -0.629. The van der Waals surface area contributed by atoms with Gasteiger partial charge in [0.2, 0.25) is 0 Å². The number of nitrogens with one attached hydrogen (secondary N) is 1. The van der Waals surface area contributed by atoms with E-state index in [1.807, 2.05) is 0 Å². The molecule has 0 aromatic heterocycles. The maximum Gasteiger partial charge on any atom is 0.269 e. The lowest BCUT2D eigenvalue weighted by molar-refractivity contribution is -0.384. The molecule has 6 heteroatoms. The maximum absolute atomic E-state index is 10.6. The highest BCUT2D eigenvalue weighted by Gasteiger charge is 2.13. The molecule has 1 unspecified atom stereocenters. The lowest BCUT2D eigenvalue weighted by Crippen LogP contribution is -2.08. The monoisotopic (exact) mass is 287 g/mol. The van der Waals surface area contributed by atoms with Crippen molar-refractivity contribution in [2.75, 3.05) is 5.32 Å². The number of nitriles is 1. The van der Waals surface area contributed by atoms with Gasteiger partial charge in [-0.1, -0.05) is 23.7 Å². The van der Waals surface area contributed by atoms with Crippen LogP contribution in [0.1, 0.15) is 11.6 Å². The average Bonchev–Trinajstić information content (AvgIpc) is 2.46. The van der Waals surface area contributed by atoms with E-state index in [1.165, 1.54) is 12.1 Å². The third kappa shape index (κ3) is 3.05. The van der Waals surface area contributed by atoms with Crippen LogP contribution in [-0.4, -0.2) is 4.92 Å². The molecule has 0 bridgehead atoms. The van der Waals surface area contributed by atoms with Gasteiger partial charge in [0.05, 0.1) is 21.7 Å². The van der Waals surface area contributed by atoms with E-state index in [4.69, 9.17) is 11.6 Å². The van der Waals surface area contributed by atoms with E-state index >= 15 is 0 Å². The lowest BCUT2D eigenvalue weighted by Gasteiger charge is -2.14. The molecule has 0 fully saturated rings. The van der Waals surface area contributed by atoms with Gasteiger partial charge in [0.25, 0.3) is 5.69 Å². The Kier molecular flexibility index (Phi) is 4.18. The fourth-order valence-electron chi connectivity index (χ4n) is 1.71. The molecule has 5 nitrogen and oxygen atoms in total. The van der Waals surface area contributed by atoms with Crippen molar-refractivity contribution in [3.05, 3.63) is 69.2 Å². The van der Waals surface area contributed by atoms with Gasteiger partial charge in [-0.05, 0) is 29.8 Å². The Bertz CT molecular complexity index is 665. The summed E-state index contributed by atoms with van der Waals surface area (Å²) in [6.45, 7) is 0. The molecule has 100 valence electrons. The summed E-state index contributed by atoms with van der Waals surface area (Å²) in [6.07, 6.45) is 0. The number of hydrogen-bond donors (Lipinski definition) is 1. The van der Waals surface area contributed by atoms with Crippen LogP contribution >= 0.6 is 11.6 Å². The lowest BCUT2D eigenvalue weighted by atomic mass is 10.1. The molecule has 0 spiro atoms. The first-order valence-corrected chi connectivity index (χ1v) is 6.14. The van der Waals surface area contributed by atoms with Crippen LogP contribution in [0.15, 0.2) is 48.5 Å². The Morgan fingerprint density at radius 3 is 2.40 bits per heavy atom. The average molecular weight is 288 g/mol. The second-order valence-electron chi connectivity index (χ2n) is 4.03. The van der Waals surface area contributed by atoms with Crippen molar-refractivity contribution in [2.24, 2.45) is 0 Å². The van der Waals surface area contributed by atoms with Crippen molar-refractivity contribution in [3.63, 3.8) is 0 Å². The molecule has 0 aliphatic heterocycles. The Morgan fingerprint density at radius 1 is 1.20 bits per heavy atom. The Hall–Kier alpha value is -2.58. The van der Waals surface area contributed by atoms with E-state index in [0.717, 1.165) is 0 Å². The van der Waals surface area contributed by atoms with Crippen molar-refractivity contribution >= 4 is 23.0 Å². The molecule has 0 saturated heterocycles. The second-order valence-corrected chi connectivity index (χ2v) is 4.44. The van der Waals surface area contributed by atoms with Crippen molar-refractivity contribution in [2.45, 2.75) is 6.04 Å². The number of anilines is 1. The van der Waals surface area contributed by atoms with Crippen molar-refractivity contribution in [3.8, 4) is 6.07 Å². The molecular weight excluding hydrogens is 278 g/mol. The van der Waals surface area contributed by atoms with Crippen molar-refractivity contribution in [1.82, 2.24) is 0 Å². The molecule has 0 amide bonds. The fraction of sp³-hybridized carbons (Fsp3) is 0.0714. The van der Waals surface area contributed by atoms with Gasteiger partial charge >= 0.3 is 0 Å². The summed E-state index contributed by atoms with van der Waals surface area (Å²) in [6, 6.07) is 14.4. The van der Waals surface area contributed by atoms with Crippen LogP contribution < -0.4 is 5.32 Å². The highest BCUT2D eigenvalue weighted by molar-refractivity contribution is 6.33. The summed E-state index contributed by atoms with van der Waals surface area (Å²) in [5.41, 5.74) is 1.26. The van der Waals surface area contributed by atoms with Crippen LogP contribution in [0.3, 0.4) is 0 Å². The topological polar surface area (TPSA) is 79.0 Å². The first kappa shape index (κ1) is 13.8. The zero-order valence-electron chi connectivity index (χ0n) is 10.3. The number of benzene rings is 2. The van der Waals surface area contributed by atoms with Crippen LogP contribution in [0.4, 0.5) is 11.4 Å². The van der Waals surface area contributed by atoms with E-state index in [9.17, 15) is 15.4 Å². The zero-order valence-corrected chi connectivity index (χ0v) is 11.0. The van der Waals surface area contributed by atoms with Gasteiger partial charge in [-0.25, -0.2) is 0 Å². The molecule has 2 aromatic carbocycles. The second kappa shape index (κ2) is 6.04. The predicted molar refractivity (Wildman–Crippen MR) is 76.5 cm³/mol. The van der Waals surface area contributed by atoms with Gasteiger partial charge in [0.15, 0.2) is 0 Å². The molecular formula is C14H10ClN3O2. The van der Waals surface area contributed by atoms with Crippen molar-refractivity contribution < 1.29 is 4.92 Å². The normalized spacial score (nSPS) is 11.4. The third-order valence-electron chi connectivity index (χ3n) is 2.74. The first-order valence-electron chi connectivity index (χ1n) is 5.77. The number of para-hydroxylation sites is 1. The largest absolute Gasteiger partial charge is 0.365 e. The quantitative estimate of drug-likeness (QED) is 0.682. The number of non-ortho nitro benzene ring substituents is 1. The van der Waals surface area contributed by atoms with E-state index < -0.39 is 11.0 Å². The molecule has 0 radical (unpaired) electrons. The number of nitro groups is 1. The van der Waals surface area contributed by atoms with Crippen LogP contribution in [-0.2, 0) is 0 Å². The summed E-state index contributed by atoms with van der Waals surface area (Å²) in [7, 11) is 0. The number of hydrogen-bond acceptors (Lipinski definition) is 4. The summed E-state index contributed by atoms with van der Waals surface area (Å²) in [5, 5.41) is 23.3. The minimum Gasteiger partial charge on any atom is -0.365 e. The fourth-order valence-corrected chi connectivity index (χ4v) is 1.90. The van der Waals surface area contributed by atoms with E-state index in [0.29, 0.717) is 16.3 Å². The molecule has 1 atom stereocenters. The Labute approximate surface area is 120 Å². The number of nitro benzene ring substituents is 1. The highest BCUT2D eigenvalue weighted by atomic mass is 35.5. The molecule has 0 heterocycles. The van der Waals surface area contributed by atoms with Crippen LogP contribution in [0.2, 0.25) is 5.02 Å². The summed E-state index contributed by atoms with van der Waals surface area (Å²) < 4.78 is 0. The van der Waals surface area contributed by atoms with Gasteiger partial charge in [0.1, 0.15) is 6.04 Å². The van der Waals surface area contributed by atoms with Gasteiger partial charge < -0.3 is 5.32 Å². The molecule has 20 heavy (non-hydrogen) atoms. The SMILES string of the molecule is N#CC(Nc1ccccc1Cl)c1ccc([N+](=O)[O-])cc1. The Morgan fingerprint density at radius 2 is 1.85 bits per heavy atom. The minimum absolute atomic E-state index is 0.0109. The van der Waals surface area contributed by atoms with Gasteiger partial charge in [0, 0.05) is 12.1 Å². The number of rotatable bonds is 4. The summed E-state index contributed by atoms with van der Waals surface area (Å²) in [4.78, 5) is 10.1. The van der Waals surface area contributed by atoms with Crippen LogP contribution in [0.5, 0.6) is 0 Å². The van der Waals surface area contributed by atoms with Crippen molar-refractivity contribution in [1.29, 1.82) is 5.26 Å². The number of nitrogens with zero attached hydrogens (tertiary/aromatic N) is 2. The molecule has 0 saturated carbocycles. The smallest absolute Gasteiger partial charge is 0.269 e. The highest BCUT2D eigenvalue weighted by Crippen LogP contribution is 2.26. The standard InChI is InChI=1S/C14H10ClN3O2/c15-12-3-1-2-4-13(12)17-14(9-16)10-5-7-11(8-6-10)18(19)20/h1-8,14,17H. The van der Waals surface area contributed by atoms with Crippen LogP contribution in [0.25, 0.3) is 0 Å². The van der Waals surface area contributed by atoms with Gasteiger partial charge in [-0.3, -0.25) is 10.1 Å². The zero-order chi connectivity index (χ0) is 14.5. The number of halogens is 1. The van der Waals surface area contributed by atoms with Crippen LogP contribution in [0, 0.1) is 21.4 Å². The third-order valence-corrected chi connectivity index (χ3v) is 3.07. The molecule has 2 rings (SSSR count). The Balaban J connectivity index is 2.23. The maximum atomic E-state index is 10.6. The van der Waals surface area contributed by atoms with E-state index in [1.54, 1.807) is 36.4 Å². The molecule has 1 N–H and O–H groups in total. The molecule has 0 aliphatic rings. The van der Waals surface area contributed by atoms with Gasteiger partial charge in [-0.15, -0.1) is 0 Å². The summed E-state index contributed by atoms with van der Waals surface area (Å²) in [5.74, 6) is 0. The van der Waals surface area contributed by atoms with E-state index in [2.05, 4.69) is 11.4 Å².